The molecule has 0 fully saturated rings. The number of hydrogen-bond donors (Lipinski definition) is 2. The fourth-order valence-electron chi connectivity index (χ4n) is 2.74. The standard InChI is InChI=1S/C19H22N6O3S2/c1-24(2)30(26)16-11-15(28-4)14(27-3)9-13(16)10-17(20)25-19(21)29-18(23-25)12-5-7-22-8-6-12/h5-9,11,20-21H,10H2,1-4H3. The van der Waals surface area contributed by atoms with Crippen LogP contribution in [-0.4, -0.2) is 57.4 Å². The highest BCUT2D eigenvalue weighted by Gasteiger charge is 2.20. The number of aromatic nitrogens is 3. The van der Waals surface area contributed by atoms with E-state index in [1.165, 1.54) is 30.2 Å². The molecule has 3 rings (SSSR count). The summed E-state index contributed by atoms with van der Waals surface area (Å²) in [6.45, 7) is 0. The molecule has 0 aliphatic carbocycles. The van der Waals surface area contributed by atoms with E-state index in [9.17, 15) is 4.21 Å². The topological polar surface area (TPSA) is 117 Å². The van der Waals surface area contributed by atoms with E-state index in [-0.39, 0.29) is 17.1 Å². The molecule has 1 atom stereocenters. The number of rotatable bonds is 7. The predicted molar refractivity (Wildman–Crippen MR) is 116 cm³/mol. The van der Waals surface area contributed by atoms with Crippen molar-refractivity contribution in [2.24, 2.45) is 0 Å². The molecule has 0 radical (unpaired) electrons. The first-order valence-electron chi connectivity index (χ1n) is 8.82. The zero-order chi connectivity index (χ0) is 21.8. The fraction of sp³-hybridized carbons (Fsp3) is 0.263. The number of benzene rings is 1. The van der Waals surface area contributed by atoms with Gasteiger partial charge in [0.2, 0.25) is 4.80 Å². The van der Waals surface area contributed by atoms with E-state index >= 15 is 0 Å². The Balaban J connectivity index is 1.99. The first kappa shape index (κ1) is 21.8. The van der Waals surface area contributed by atoms with Crippen LogP contribution in [0, 0.1) is 10.8 Å². The van der Waals surface area contributed by atoms with E-state index in [1.54, 1.807) is 55.1 Å². The first-order valence-corrected chi connectivity index (χ1v) is 10.7. The van der Waals surface area contributed by atoms with Crippen molar-refractivity contribution in [3.63, 3.8) is 0 Å². The highest BCUT2D eigenvalue weighted by atomic mass is 32.2. The minimum Gasteiger partial charge on any atom is -0.493 e. The second kappa shape index (κ2) is 9.28. The van der Waals surface area contributed by atoms with E-state index in [1.807, 2.05) is 0 Å². The second-order valence-electron chi connectivity index (χ2n) is 6.36. The Morgan fingerprint density at radius 2 is 1.83 bits per heavy atom. The van der Waals surface area contributed by atoms with Gasteiger partial charge in [-0.1, -0.05) is 11.3 Å². The molecule has 0 bridgehead atoms. The maximum absolute atomic E-state index is 12.8. The van der Waals surface area contributed by atoms with Crippen LogP contribution in [0.15, 0.2) is 41.6 Å². The molecule has 158 valence electrons. The average Bonchev–Trinajstić information content (AvgIpc) is 3.15. The van der Waals surface area contributed by atoms with Crippen LogP contribution in [0.1, 0.15) is 5.56 Å². The normalized spacial score (nSPS) is 12.0. The highest BCUT2D eigenvalue weighted by Crippen LogP contribution is 2.33. The van der Waals surface area contributed by atoms with Gasteiger partial charge in [-0.25, -0.2) is 8.51 Å². The summed E-state index contributed by atoms with van der Waals surface area (Å²) >= 11 is 1.17. The van der Waals surface area contributed by atoms with Crippen molar-refractivity contribution in [2.75, 3.05) is 28.3 Å². The van der Waals surface area contributed by atoms with Crippen LogP contribution < -0.4 is 14.3 Å². The smallest absolute Gasteiger partial charge is 0.206 e. The van der Waals surface area contributed by atoms with Gasteiger partial charge in [-0.15, -0.1) is 0 Å². The van der Waals surface area contributed by atoms with Crippen LogP contribution in [0.5, 0.6) is 11.5 Å². The number of methoxy groups -OCH3 is 2. The van der Waals surface area contributed by atoms with E-state index in [0.29, 0.717) is 27.0 Å². The van der Waals surface area contributed by atoms with Gasteiger partial charge >= 0.3 is 0 Å². The van der Waals surface area contributed by atoms with E-state index in [0.717, 1.165) is 5.56 Å². The Labute approximate surface area is 180 Å². The summed E-state index contributed by atoms with van der Waals surface area (Å²) in [5.41, 5.74) is 1.46. The van der Waals surface area contributed by atoms with Gasteiger partial charge in [0.15, 0.2) is 11.5 Å². The lowest BCUT2D eigenvalue weighted by Crippen LogP contribution is -2.26. The molecule has 2 aromatic heterocycles. The summed E-state index contributed by atoms with van der Waals surface area (Å²) in [7, 11) is 5.00. The third kappa shape index (κ3) is 4.48. The van der Waals surface area contributed by atoms with Crippen LogP contribution in [0.2, 0.25) is 0 Å². The minimum absolute atomic E-state index is 0.0841. The summed E-state index contributed by atoms with van der Waals surface area (Å²) in [5.74, 6) is 1.02. The molecule has 2 N–H and O–H groups in total. The molecule has 1 unspecified atom stereocenters. The van der Waals surface area contributed by atoms with Crippen LogP contribution in [0.3, 0.4) is 0 Å². The third-order valence-electron chi connectivity index (χ3n) is 4.20. The second-order valence-corrected chi connectivity index (χ2v) is 9.01. The summed E-state index contributed by atoms with van der Waals surface area (Å²) in [6, 6.07) is 6.98. The van der Waals surface area contributed by atoms with E-state index in [2.05, 4.69) is 10.1 Å². The van der Waals surface area contributed by atoms with Crippen LogP contribution in [-0.2, 0) is 17.4 Å². The molecule has 3 aromatic rings. The quantitative estimate of drug-likeness (QED) is 0.426. The van der Waals surface area contributed by atoms with Gasteiger partial charge in [0.05, 0.1) is 19.1 Å². The van der Waals surface area contributed by atoms with E-state index in [4.69, 9.17) is 20.3 Å². The molecule has 2 heterocycles. The monoisotopic (exact) mass is 446 g/mol. The molecule has 9 nitrogen and oxygen atoms in total. The largest absolute Gasteiger partial charge is 0.493 e. The highest BCUT2D eigenvalue weighted by molar-refractivity contribution is 7.82. The molecule has 0 aliphatic heterocycles. The predicted octanol–water partition coefficient (Wildman–Crippen LogP) is 2.16. The lowest BCUT2D eigenvalue weighted by molar-refractivity contribution is 0.353. The van der Waals surface area contributed by atoms with Crippen molar-refractivity contribution >= 4 is 28.2 Å². The number of nitrogens with zero attached hydrogens (tertiary/aromatic N) is 4. The lowest BCUT2D eigenvalue weighted by atomic mass is 10.1. The van der Waals surface area contributed by atoms with Crippen molar-refractivity contribution < 1.29 is 13.7 Å². The van der Waals surface area contributed by atoms with E-state index < -0.39 is 11.0 Å². The van der Waals surface area contributed by atoms with Gasteiger partial charge in [-0.3, -0.25) is 15.8 Å². The van der Waals surface area contributed by atoms with Crippen molar-refractivity contribution in [3.05, 3.63) is 47.0 Å². The SMILES string of the molecule is COc1cc(CC(=N)n2nc(-c3ccncc3)sc2=N)c(S(=O)N(C)C)cc1OC. The van der Waals surface area contributed by atoms with Crippen molar-refractivity contribution in [3.8, 4) is 22.1 Å². The molecule has 11 heteroatoms. The third-order valence-corrected chi connectivity index (χ3v) is 6.50. The van der Waals surface area contributed by atoms with Gasteiger partial charge in [0, 0.05) is 30.4 Å². The molecule has 1 aromatic carbocycles. The Bertz CT molecular complexity index is 1140. The van der Waals surface area contributed by atoms with Gasteiger partial charge in [-0.2, -0.15) is 9.78 Å². The summed E-state index contributed by atoms with van der Waals surface area (Å²) in [4.78, 5) is 4.63. The molecule has 0 saturated heterocycles. The van der Waals surface area contributed by atoms with Gasteiger partial charge in [-0.05, 0) is 37.9 Å². The molecule has 0 spiro atoms. The number of nitrogens with one attached hydrogen (secondary N) is 2. The summed E-state index contributed by atoms with van der Waals surface area (Å²) in [5, 5.41) is 21.8. The Morgan fingerprint density at radius 1 is 1.20 bits per heavy atom. The Morgan fingerprint density at radius 3 is 2.43 bits per heavy atom. The molecule has 0 saturated carbocycles. The van der Waals surface area contributed by atoms with Gasteiger partial charge in [0.1, 0.15) is 21.8 Å². The molecule has 0 amide bonds. The van der Waals surface area contributed by atoms with Gasteiger partial charge in [0.25, 0.3) is 0 Å². The summed E-state index contributed by atoms with van der Waals surface area (Å²) in [6.07, 6.45) is 3.43. The number of ether oxygens (including phenoxy) is 2. The molecular weight excluding hydrogens is 424 g/mol. The zero-order valence-electron chi connectivity index (χ0n) is 17.0. The summed E-state index contributed by atoms with van der Waals surface area (Å²) < 4.78 is 26.4. The van der Waals surface area contributed by atoms with Crippen molar-refractivity contribution in [1.29, 1.82) is 10.8 Å². The van der Waals surface area contributed by atoms with Crippen molar-refractivity contribution in [1.82, 2.24) is 19.1 Å². The molecule has 30 heavy (non-hydrogen) atoms. The zero-order valence-corrected chi connectivity index (χ0v) is 18.6. The first-order chi connectivity index (χ1) is 14.3. The molecular formula is C19H22N6O3S2. The van der Waals surface area contributed by atoms with Crippen LogP contribution in [0.25, 0.3) is 10.6 Å². The maximum Gasteiger partial charge on any atom is 0.206 e. The number of hydrogen-bond acceptors (Lipinski definition) is 8. The Kier molecular flexibility index (Phi) is 6.75. The van der Waals surface area contributed by atoms with Crippen LogP contribution in [0.4, 0.5) is 0 Å². The van der Waals surface area contributed by atoms with Crippen LogP contribution >= 0.6 is 11.3 Å². The minimum atomic E-state index is -1.45. The molecule has 0 aliphatic rings. The maximum atomic E-state index is 12.8. The lowest BCUT2D eigenvalue weighted by Gasteiger charge is -2.17. The van der Waals surface area contributed by atoms with Gasteiger partial charge < -0.3 is 9.47 Å². The fourth-order valence-corrected chi connectivity index (χ4v) is 4.49. The Hall–Kier alpha value is -2.89. The number of pyridine rings is 1. The average molecular weight is 447 g/mol. The van der Waals surface area contributed by atoms with Crippen molar-refractivity contribution in [2.45, 2.75) is 11.3 Å².